The fourth-order valence-corrected chi connectivity index (χ4v) is 3.65. The minimum Gasteiger partial charge on any atom is -0.394 e. The molecule has 0 aliphatic carbocycles. The lowest BCUT2D eigenvalue weighted by Gasteiger charge is -2.20. The summed E-state index contributed by atoms with van der Waals surface area (Å²) in [6, 6.07) is 4.65. The normalized spacial score (nSPS) is 15.0. The van der Waals surface area contributed by atoms with Gasteiger partial charge in [0.15, 0.2) is 0 Å². The second kappa shape index (κ2) is 9.40. The zero-order valence-electron chi connectivity index (χ0n) is 17.4. The maximum absolute atomic E-state index is 13.5. The number of anilines is 1. The van der Waals surface area contributed by atoms with Crippen LogP contribution in [0.4, 0.5) is 10.1 Å². The molecule has 2 atom stereocenters. The predicted molar refractivity (Wildman–Crippen MR) is 111 cm³/mol. The highest BCUT2D eigenvalue weighted by molar-refractivity contribution is 6.42. The number of hydrogen-bond donors (Lipinski definition) is 4. The number of aryl methyl sites for hydroxylation is 1. The Balaban J connectivity index is 1.88. The third-order valence-corrected chi connectivity index (χ3v) is 5.45. The van der Waals surface area contributed by atoms with Crippen LogP contribution in [0.5, 0.6) is 0 Å². The summed E-state index contributed by atoms with van der Waals surface area (Å²) in [7, 11) is 0. The molecule has 166 valence electrons. The predicted octanol–water partition coefficient (Wildman–Crippen LogP) is 1.56. The number of aliphatic hydroxyl groups is 2. The number of carbonyl (C=O) groups is 3. The van der Waals surface area contributed by atoms with Gasteiger partial charge in [0.25, 0.3) is 17.6 Å². The van der Waals surface area contributed by atoms with Crippen molar-refractivity contribution in [3.05, 3.63) is 52.6 Å². The molecule has 0 saturated heterocycles. The van der Waals surface area contributed by atoms with Gasteiger partial charge in [0.1, 0.15) is 5.82 Å². The van der Waals surface area contributed by atoms with E-state index in [9.17, 15) is 29.0 Å². The van der Waals surface area contributed by atoms with Gasteiger partial charge >= 0.3 is 0 Å². The van der Waals surface area contributed by atoms with Gasteiger partial charge in [-0.3, -0.25) is 14.4 Å². The van der Waals surface area contributed by atoms with E-state index in [0.29, 0.717) is 29.9 Å². The van der Waals surface area contributed by atoms with Crippen LogP contribution in [0.25, 0.3) is 0 Å². The van der Waals surface area contributed by atoms with Crippen LogP contribution in [-0.2, 0) is 17.8 Å². The Kier molecular flexibility index (Phi) is 6.87. The lowest BCUT2D eigenvalue weighted by Crippen LogP contribution is -2.47. The zero-order chi connectivity index (χ0) is 22.7. The standard InChI is InChI=1S/C22H26FN3O5/c1-12-9-14(6-7-16(12)23)24-21(30)15-10-19(26-8-4-3-5-18(15)26)20(29)22(31)25-17(11-27)13(2)28/h6-7,9-10,13,17,27-28H,3-5,8,11H2,1-2H3,(H,24,30)(H,25,31)/t13-,17-/m1/s1. The Morgan fingerprint density at radius 2 is 1.97 bits per heavy atom. The lowest BCUT2D eigenvalue weighted by molar-refractivity contribution is -0.118. The van der Waals surface area contributed by atoms with Crippen LogP contribution >= 0.6 is 0 Å². The fraction of sp³-hybridized carbons (Fsp3) is 0.409. The second-order valence-electron chi connectivity index (χ2n) is 7.75. The number of halogens is 1. The molecule has 2 aromatic rings. The number of benzene rings is 1. The summed E-state index contributed by atoms with van der Waals surface area (Å²) in [4.78, 5) is 38.1. The third kappa shape index (κ3) is 4.83. The van der Waals surface area contributed by atoms with Crippen LogP contribution in [0, 0.1) is 12.7 Å². The van der Waals surface area contributed by atoms with Gasteiger partial charge in [-0.2, -0.15) is 0 Å². The molecule has 9 heteroatoms. The number of hydrogen-bond acceptors (Lipinski definition) is 5. The maximum atomic E-state index is 13.5. The van der Waals surface area contributed by atoms with Crippen molar-refractivity contribution in [2.75, 3.05) is 11.9 Å². The van der Waals surface area contributed by atoms with Crippen molar-refractivity contribution in [3.8, 4) is 0 Å². The molecule has 1 aromatic carbocycles. The van der Waals surface area contributed by atoms with Crippen molar-refractivity contribution in [2.24, 2.45) is 0 Å². The van der Waals surface area contributed by atoms with E-state index < -0.39 is 36.4 Å². The minimum absolute atomic E-state index is 0.0786. The van der Waals surface area contributed by atoms with Crippen LogP contribution in [0.3, 0.4) is 0 Å². The highest BCUT2D eigenvalue weighted by Gasteiger charge is 2.30. The Morgan fingerprint density at radius 1 is 1.23 bits per heavy atom. The molecule has 1 aliphatic rings. The number of Topliss-reactive ketones (excluding diaryl/α,β-unsaturated/α-hetero) is 1. The molecule has 0 radical (unpaired) electrons. The highest BCUT2D eigenvalue weighted by Crippen LogP contribution is 2.25. The molecule has 4 N–H and O–H groups in total. The number of nitrogens with zero attached hydrogens (tertiary/aromatic N) is 1. The van der Waals surface area contributed by atoms with Gasteiger partial charge < -0.3 is 25.4 Å². The number of amides is 2. The molecule has 0 saturated carbocycles. The Bertz CT molecular complexity index is 1010. The van der Waals surface area contributed by atoms with Crippen molar-refractivity contribution in [1.29, 1.82) is 0 Å². The molecule has 31 heavy (non-hydrogen) atoms. The molecule has 8 nitrogen and oxygen atoms in total. The molecule has 1 aliphatic heterocycles. The first-order valence-corrected chi connectivity index (χ1v) is 10.2. The summed E-state index contributed by atoms with van der Waals surface area (Å²) in [6.07, 6.45) is 1.18. The Morgan fingerprint density at radius 3 is 2.61 bits per heavy atom. The van der Waals surface area contributed by atoms with E-state index in [-0.39, 0.29) is 17.1 Å². The average Bonchev–Trinajstić information content (AvgIpc) is 3.13. The molecule has 0 bridgehead atoms. The van der Waals surface area contributed by atoms with Gasteiger partial charge in [-0.1, -0.05) is 0 Å². The van der Waals surface area contributed by atoms with Crippen molar-refractivity contribution in [1.82, 2.24) is 9.88 Å². The van der Waals surface area contributed by atoms with Crippen LogP contribution in [0.15, 0.2) is 24.3 Å². The van der Waals surface area contributed by atoms with Crippen molar-refractivity contribution in [3.63, 3.8) is 0 Å². The number of aliphatic hydroxyl groups excluding tert-OH is 2. The van der Waals surface area contributed by atoms with Crippen molar-refractivity contribution < 1.29 is 29.0 Å². The SMILES string of the molecule is Cc1cc(NC(=O)c2cc(C(=O)C(=O)N[C@H](CO)[C@@H](C)O)n3c2CCCC3)ccc1F. The Hall–Kier alpha value is -3.04. The number of ketones is 1. The summed E-state index contributed by atoms with van der Waals surface area (Å²) in [6.45, 7) is 2.96. The van der Waals surface area contributed by atoms with E-state index >= 15 is 0 Å². The molecule has 2 heterocycles. The molecule has 3 rings (SSSR count). The summed E-state index contributed by atoms with van der Waals surface area (Å²) < 4.78 is 15.2. The number of aromatic nitrogens is 1. The summed E-state index contributed by atoms with van der Waals surface area (Å²) in [5, 5.41) is 23.9. The largest absolute Gasteiger partial charge is 0.394 e. The third-order valence-electron chi connectivity index (χ3n) is 5.45. The maximum Gasteiger partial charge on any atom is 0.294 e. The average molecular weight is 431 g/mol. The Labute approximate surface area is 179 Å². The first-order chi connectivity index (χ1) is 14.7. The van der Waals surface area contributed by atoms with Gasteiger partial charge in [0.2, 0.25) is 0 Å². The van der Waals surface area contributed by atoms with E-state index in [0.717, 1.165) is 12.8 Å². The van der Waals surface area contributed by atoms with E-state index in [2.05, 4.69) is 10.6 Å². The van der Waals surface area contributed by atoms with E-state index in [1.807, 2.05) is 0 Å². The molecule has 0 fully saturated rings. The van der Waals surface area contributed by atoms with E-state index in [4.69, 9.17) is 0 Å². The minimum atomic E-state index is -1.04. The monoisotopic (exact) mass is 431 g/mol. The van der Waals surface area contributed by atoms with Gasteiger partial charge in [0, 0.05) is 17.9 Å². The molecule has 1 aromatic heterocycles. The van der Waals surface area contributed by atoms with Crippen LogP contribution in [0.1, 0.15) is 51.9 Å². The van der Waals surface area contributed by atoms with Crippen LogP contribution in [0.2, 0.25) is 0 Å². The number of rotatable bonds is 7. The molecule has 0 unspecified atom stereocenters. The van der Waals surface area contributed by atoms with Gasteiger partial charge in [0.05, 0.1) is 30.0 Å². The molecular formula is C22H26FN3O5. The first kappa shape index (κ1) is 22.6. The van der Waals surface area contributed by atoms with E-state index in [1.54, 1.807) is 11.5 Å². The summed E-state index contributed by atoms with van der Waals surface area (Å²) >= 11 is 0. The van der Waals surface area contributed by atoms with Crippen LogP contribution in [-0.4, -0.2) is 51.1 Å². The van der Waals surface area contributed by atoms with Gasteiger partial charge in [-0.05, 0) is 62.9 Å². The fourth-order valence-electron chi connectivity index (χ4n) is 3.65. The summed E-state index contributed by atoms with van der Waals surface area (Å²) in [5.41, 5.74) is 1.84. The van der Waals surface area contributed by atoms with Crippen molar-refractivity contribution in [2.45, 2.75) is 51.8 Å². The molecule has 0 spiro atoms. The zero-order valence-corrected chi connectivity index (χ0v) is 17.4. The van der Waals surface area contributed by atoms with E-state index in [1.165, 1.54) is 31.2 Å². The summed E-state index contributed by atoms with van der Waals surface area (Å²) in [5.74, 6) is -2.64. The quantitative estimate of drug-likeness (QED) is 0.392. The lowest BCUT2D eigenvalue weighted by atomic mass is 10.1. The van der Waals surface area contributed by atoms with Gasteiger partial charge in [-0.15, -0.1) is 0 Å². The number of carbonyl (C=O) groups excluding carboxylic acids is 3. The van der Waals surface area contributed by atoms with Crippen LogP contribution < -0.4 is 10.6 Å². The smallest absolute Gasteiger partial charge is 0.294 e. The highest BCUT2D eigenvalue weighted by atomic mass is 19.1. The topological polar surface area (TPSA) is 121 Å². The first-order valence-electron chi connectivity index (χ1n) is 10.2. The molecule has 2 amide bonds. The number of fused-ring (bicyclic) bond motifs is 1. The van der Waals surface area contributed by atoms with Crippen molar-refractivity contribution >= 4 is 23.3 Å². The number of nitrogens with one attached hydrogen (secondary N) is 2. The van der Waals surface area contributed by atoms with Gasteiger partial charge in [-0.25, -0.2) is 4.39 Å². The second-order valence-corrected chi connectivity index (χ2v) is 7.75. The molecular weight excluding hydrogens is 405 g/mol.